The predicted molar refractivity (Wildman–Crippen MR) is 81.8 cm³/mol. The molecule has 0 aromatic heterocycles. The smallest absolute Gasteiger partial charge is 0.328 e. The number of hydrogen-bond acceptors (Lipinski definition) is 4. The van der Waals surface area contributed by atoms with Crippen LogP contribution in [0.3, 0.4) is 0 Å². The number of amides is 3. The molecule has 2 fully saturated rings. The fourth-order valence-electron chi connectivity index (χ4n) is 2.80. The van der Waals surface area contributed by atoms with Crippen LogP contribution in [0.25, 0.3) is 0 Å². The first-order chi connectivity index (χ1) is 10.1. The number of anilines is 2. The molecule has 6 heteroatoms. The molecule has 2 N–H and O–H groups in total. The quantitative estimate of drug-likeness (QED) is 0.847. The van der Waals surface area contributed by atoms with Crippen molar-refractivity contribution in [3.05, 3.63) is 23.8 Å². The Balaban J connectivity index is 1.87. The summed E-state index contributed by atoms with van der Waals surface area (Å²) in [6, 6.07) is 5.86. The van der Waals surface area contributed by atoms with Gasteiger partial charge >= 0.3 is 6.03 Å². The summed E-state index contributed by atoms with van der Waals surface area (Å²) < 4.78 is 0. The van der Waals surface area contributed by atoms with Gasteiger partial charge in [-0.3, -0.25) is 15.0 Å². The largest absolute Gasteiger partial charge is 0.369 e. The molecule has 3 amide bonds. The summed E-state index contributed by atoms with van der Waals surface area (Å²) in [5.41, 5.74) is 3.05. The molecular weight excluding hydrogens is 268 g/mol. The minimum Gasteiger partial charge on any atom is -0.369 e. The van der Waals surface area contributed by atoms with E-state index in [2.05, 4.69) is 27.7 Å². The Labute approximate surface area is 124 Å². The second-order valence-electron chi connectivity index (χ2n) is 5.46. The number of carbonyl (C=O) groups excluding carboxylic acids is 2. The molecule has 0 bridgehead atoms. The summed E-state index contributed by atoms with van der Waals surface area (Å²) in [7, 11) is 0. The molecule has 6 nitrogen and oxygen atoms in total. The zero-order chi connectivity index (χ0) is 14.8. The maximum atomic E-state index is 12.0. The van der Waals surface area contributed by atoms with Gasteiger partial charge in [0.2, 0.25) is 5.91 Å². The first-order valence-electron chi connectivity index (χ1n) is 7.33. The van der Waals surface area contributed by atoms with Crippen LogP contribution in [-0.4, -0.2) is 44.7 Å². The number of imide groups is 1. The maximum absolute atomic E-state index is 12.0. The van der Waals surface area contributed by atoms with E-state index in [1.807, 2.05) is 13.0 Å². The van der Waals surface area contributed by atoms with Crippen molar-refractivity contribution >= 4 is 23.3 Å². The van der Waals surface area contributed by atoms with Crippen LogP contribution in [0.2, 0.25) is 0 Å². The lowest BCUT2D eigenvalue weighted by Crippen LogP contribution is -2.50. The van der Waals surface area contributed by atoms with Crippen molar-refractivity contribution in [1.82, 2.24) is 10.6 Å². The maximum Gasteiger partial charge on any atom is 0.328 e. The Kier molecular flexibility index (Phi) is 3.79. The highest BCUT2D eigenvalue weighted by Gasteiger charge is 2.25. The first-order valence-corrected chi connectivity index (χ1v) is 7.33. The fraction of sp³-hybridized carbons (Fsp3) is 0.467. The molecule has 0 atom stereocenters. The summed E-state index contributed by atoms with van der Waals surface area (Å²) in [4.78, 5) is 27.3. The highest BCUT2D eigenvalue weighted by atomic mass is 16.2. The Bertz CT molecular complexity index is 567. The van der Waals surface area contributed by atoms with Gasteiger partial charge in [-0.2, -0.15) is 0 Å². The molecule has 2 heterocycles. The lowest BCUT2D eigenvalue weighted by molar-refractivity contribution is -0.120. The summed E-state index contributed by atoms with van der Waals surface area (Å²) in [6.45, 7) is 6.31. The molecule has 0 spiro atoms. The molecule has 0 unspecified atom stereocenters. The standard InChI is InChI=1S/C15H20N4O2/c1-11-2-3-12(18-8-5-16-6-9-18)10-13(11)19-7-4-14(20)17-15(19)21/h2-3,10,16H,4-9H2,1H3,(H,17,20,21). The second kappa shape index (κ2) is 5.73. The Morgan fingerprint density at radius 2 is 1.86 bits per heavy atom. The molecule has 0 radical (unpaired) electrons. The summed E-state index contributed by atoms with van der Waals surface area (Å²) in [6.07, 6.45) is 0.350. The zero-order valence-electron chi connectivity index (χ0n) is 12.2. The number of rotatable bonds is 2. The minimum absolute atomic E-state index is 0.202. The molecule has 1 aromatic rings. The fourth-order valence-corrected chi connectivity index (χ4v) is 2.80. The van der Waals surface area contributed by atoms with Crippen molar-refractivity contribution in [2.24, 2.45) is 0 Å². The van der Waals surface area contributed by atoms with Crippen molar-refractivity contribution in [2.45, 2.75) is 13.3 Å². The van der Waals surface area contributed by atoms with Crippen LogP contribution in [0.1, 0.15) is 12.0 Å². The van der Waals surface area contributed by atoms with Crippen molar-refractivity contribution in [1.29, 1.82) is 0 Å². The Hall–Kier alpha value is -2.08. The third-order valence-electron chi connectivity index (χ3n) is 4.02. The minimum atomic E-state index is -0.327. The van der Waals surface area contributed by atoms with E-state index < -0.39 is 0 Å². The van der Waals surface area contributed by atoms with Gasteiger partial charge in [-0.25, -0.2) is 4.79 Å². The van der Waals surface area contributed by atoms with Crippen molar-refractivity contribution in [2.75, 3.05) is 42.5 Å². The van der Waals surface area contributed by atoms with Crippen LogP contribution in [0.4, 0.5) is 16.2 Å². The van der Waals surface area contributed by atoms with E-state index in [1.54, 1.807) is 4.90 Å². The van der Waals surface area contributed by atoms with Gasteiger partial charge < -0.3 is 10.2 Å². The van der Waals surface area contributed by atoms with E-state index in [-0.39, 0.29) is 11.9 Å². The van der Waals surface area contributed by atoms with Gasteiger partial charge in [0, 0.05) is 44.8 Å². The molecular formula is C15H20N4O2. The van der Waals surface area contributed by atoms with Crippen LogP contribution in [0.15, 0.2) is 18.2 Å². The number of nitrogens with one attached hydrogen (secondary N) is 2. The number of aryl methyl sites for hydroxylation is 1. The van der Waals surface area contributed by atoms with Crippen LogP contribution in [0, 0.1) is 6.92 Å². The van der Waals surface area contributed by atoms with Crippen molar-refractivity contribution in [3.63, 3.8) is 0 Å². The third kappa shape index (κ3) is 2.85. The second-order valence-corrected chi connectivity index (χ2v) is 5.46. The molecule has 112 valence electrons. The summed E-state index contributed by atoms with van der Waals surface area (Å²) in [5, 5.41) is 5.71. The van der Waals surface area contributed by atoms with E-state index in [0.29, 0.717) is 13.0 Å². The number of benzene rings is 1. The lowest BCUT2D eigenvalue weighted by Gasteiger charge is -2.32. The normalized spacial score (nSPS) is 19.7. The molecule has 2 saturated heterocycles. The zero-order valence-corrected chi connectivity index (χ0v) is 12.2. The van der Waals surface area contributed by atoms with Gasteiger partial charge in [0.05, 0.1) is 5.69 Å². The number of carbonyl (C=O) groups is 2. The number of piperazine rings is 1. The molecule has 1 aromatic carbocycles. The monoisotopic (exact) mass is 288 g/mol. The van der Waals surface area contributed by atoms with Gasteiger partial charge in [-0.15, -0.1) is 0 Å². The van der Waals surface area contributed by atoms with Crippen molar-refractivity contribution in [3.8, 4) is 0 Å². The first kappa shape index (κ1) is 13.9. The molecule has 3 rings (SSSR count). The highest BCUT2D eigenvalue weighted by Crippen LogP contribution is 2.28. The molecule has 2 aliphatic rings. The van der Waals surface area contributed by atoms with E-state index in [4.69, 9.17) is 0 Å². The van der Waals surface area contributed by atoms with E-state index in [1.165, 1.54) is 0 Å². The Morgan fingerprint density at radius 3 is 2.57 bits per heavy atom. The molecule has 0 saturated carbocycles. The van der Waals surface area contributed by atoms with Gasteiger partial charge in [-0.1, -0.05) is 6.07 Å². The number of nitrogens with zero attached hydrogens (tertiary/aromatic N) is 2. The molecule has 21 heavy (non-hydrogen) atoms. The lowest BCUT2D eigenvalue weighted by atomic mass is 10.1. The SMILES string of the molecule is Cc1ccc(N2CCNCC2)cc1N1CCC(=O)NC1=O. The van der Waals surface area contributed by atoms with Gasteiger partial charge in [-0.05, 0) is 24.6 Å². The van der Waals surface area contributed by atoms with Crippen LogP contribution in [0.5, 0.6) is 0 Å². The van der Waals surface area contributed by atoms with Crippen LogP contribution in [-0.2, 0) is 4.79 Å². The average Bonchev–Trinajstić information content (AvgIpc) is 2.49. The third-order valence-corrected chi connectivity index (χ3v) is 4.02. The molecule has 2 aliphatic heterocycles. The summed E-state index contributed by atoms with van der Waals surface area (Å²) in [5.74, 6) is -0.202. The van der Waals surface area contributed by atoms with Gasteiger partial charge in [0.25, 0.3) is 0 Å². The van der Waals surface area contributed by atoms with E-state index in [9.17, 15) is 9.59 Å². The Morgan fingerprint density at radius 1 is 1.10 bits per heavy atom. The average molecular weight is 288 g/mol. The number of hydrogen-bond donors (Lipinski definition) is 2. The van der Waals surface area contributed by atoms with Crippen LogP contribution >= 0.6 is 0 Å². The summed E-state index contributed by atoms with van der Waals surface area (Å²) >= 11 is 0. The molecule has 0 aliphatic carbocycles. The number of urea groups is 1. The van der Waals surface area contributed by atoms with Gasteiger partial charge in [0.1, 0.15) is 0 Å². The topological polar surface area (TPSA) is 64.7 Å². The van der Waals surface area contributed by atoms with E-state index in [0.717, 1.165) is 43.1 Å². The van der Waals surface area contributed by atoms with Crippen molar-refractivity contribution < 1.29 is 9.59 Å². The van der Waals surface area contributed by atoms with Crippen LogP contribution < -0.4 is 20.4 Å². The predicted octanol–water partition coefficient (Wildman–Crippen LogP) is 0.851. The highest BCUT2D eigenvalue weighted by molar-refractivity contribution is 6.06. The van der Waals surface area contributed by atoms with Gasteiger partial charge in [0.15, 0.2) is 0 Å². The van der Waals surface area contributed by atoms with E-state index >= 15 is 0 Å².